The highest BCUT2D eigenvalue weighted by atomic mass is 19.3. The van der Waals surface area contributed by atoms with Gasteiger partial charge in [0.1, 0.15) is 0 Å². The van der Waals surface area contributed by atoms with Gasteiger partial charge in [0.05, 0.1) is 0 Å². The van der Waals surface area contributed by atoms with Gasteiger partial charge >= 0.3 is 12.0 Å². The topological polar surface area (TPSA) is 40.5 Å². The molecule has 10 heavy (non-hydrogen) atoms. The molecule has 0 saturated heterocycles. The van der Waals surface area contributed by atoms with Crippen molar-refractivity contribution in [2.45, 2.75) is 18.5 Å². The molecule has 0 radical (unpaired) electrons. The zero-order valence-electron chi connectivity index (χ0n) is 4.82. The summed E-state index contributed by atoms with van der Waals surface area (Å²) >= 11 is 0. The molecule has 62 valence electrons. The van der Waals surface area contributed by atoms with Gasteiger partial charge in [0.15, 0.2) is 0 Å². The highest BCUT2D eigenvalue weighted by molar-refractivity contribution is 4.73. The lowest BCUT2D eigenvalue weighted by atomic mass is 10.2. The van der Waals surface area contributed by atoms with E-state index in [1.807, 2.05) is 0 Å². The van der Waals surface area contributed by atoms with Crippen LogP contribution in [0.15, 0.2) is 0 Å². The summed E-state index contributed by atoms with van der Waals surface area (Å²) in [5.41, 5.74) is 0. The van der Waals surface area contributed by atoms with Crippen LogP contribution in [0, 0.1) is 0 Å². The summed E-state index contributed by atoms with van der Waals surface area (Å²) in [7, 11) is 0. The average molecular weight is 162 g/mol. The third-order valence-electron chi connectivity index (χ3n) is 0.866. The van der Waals surface area contributed by atoms with Gasteiger partial charge in [-0.25, -0.2) is 0 Å². The van der Waals surface area contributed by atoms with Gasteiger partial charge in [-0.1, -0.05) is 0 Å². The number of halogens is 4. The maximum Gasteiger partial charge on any atom is 0.417 e. The van der Waals surface area contributed by atoms with Gasteiger partial charge in [0.2, 0.25) is 0 Å². The Morgan fingerprint density at radius 1 is 1.10 bits per heavy atom. The summed E-state index contributed by atoms with van der Waals surface area (Å²) in [4.78, 5) is 0. The monoisotopic (exact) mass is 162 g/mol. The Balaban J connectivity index is 4.10. The molecule has 0 unspecified atom stereocenters. The standard InChI is InChI=1S/C4H6F4O2/c5-3(6,1-2-9)4(7,8)10/h9-10H,1-2H2. The Kier molecular flexibility index (Phi) is 2.61. The fourth-order valence-corrected chi connectivity index (χ4v) is 0.291. The van der Waals surface area contributed by atoms with Crippen molar-refractivity contribution in [3.8, 4) is 0 Å². The van der Waals surface area contributed by atoms with Crippen molar-refractivity contribution in [2.75, 3.05) is 6.61 Å². The molecular formula is C4H6F4O2. The lowest BCUT2D eigenvalue weighted by Crippen LogP contribution is -2.40. The van der Waals surface area contributed by atoms with E-state index in [1.54, 1.807) is 0 Å². The van der Waals surface area contributed by atoms with Crippen molar-refractivity contribution in [3.63, 3.8) is 0 Å². The highest BCUT2D eigenvalue weighted by Crippen LogP contribution is 2.33. The third-order valence-corrected chi connectivity index (χ3v) is 0.866. The minimum atomic E-state index is -5.05. The van der Waals surface area contributed by atoms with Gasteiger partial charge in [-0.2, -0.15) is 17.6 Å². The predicted octanol–water partition coefficient (Wildman–Crippen LogP) is 0.589. The van der Waals surface area contributed by atoms with Crippen molar-refractivity contribution in [1.29, 1.82) is 0 Å². The molecule has 0 aromatic rings. The van der Waals surface area contributed by atoms with Crippen LogP contribution >= 0.6 is 0 Å². The quantitative estimate of drug-likeness (QED) is 0.596. The van der Waals surface area contributed by atoms with Crippen LogP contribution in [0.2, 0.25) is 0 Å². The molecule has 2 nitrogen and oxygen atoms in total. The van der Waals surface area contributed by atoms with E-state index in [4.69, 9.17) is 10.2 Å². The van der Waals surface area contributed by atoms with E-state index in [-0.39, 0.29) is 0 Å². The molecule has 6 heteroatoms. The van der Waals surface area contributed by atoms with Gasteiger partial charge in [-0.15, -0.1) is 0 Å². The molecule has 0 atom stereocenters. The molecule has 0 bridgehead atoms. The van der Waals surface area contributed by atoms with Gasteiger partial charge < -0.3 is 10.2 Å². The second-order valence-corrected chi connectivity index (χ2v) is 1.72. The first-order valence-electron chi connectivity index (χ1n) is 2.40. The Labute approximate surface area is 54.1 Å². The molecule has 0 aliphatic carbocycles. The Morgan fingerprint density at radius 2 is 1.50 bits per heavy atom. The van der Waals surface area contributed by atoms with Gasteiger partial charge in [0.25, 0.3) is 0 Å². The minimum absolute atomic E-state index is 1.09. The third kappa shape index (κ3) is 2.11. The van der Waals surface area contributed by atoms with Gasteiger partial charge in [-0.05, 0) is 0 Å². The number of aliphatic hydroxyl groups excluding tert-OH is 1. The molecule has 0 spiro atoms. The fourth-order valence-electron chi connectivity index (χ4n) is 0.291. The highest BCUT2D eigenvalue weighted by Gasteiger charge is 2.54. The Hall–Kier alpha value is -0.360. The van der Waals surface area contributed by atoms with E-state index in [1.165, 1.54) is 0 Å². The van der Waals surface area contributed by atoms with Gasteiger partial charge in [0, 0.05) is 13.0 Å². The van der Waals surface area contributed by atoms with E-state index >= 15 is 0 Å². The molecule has 0 rings (SSSR count). The first-order chi connectivity index (χ1) is 4.31. The molecule has 2 N–H and O–H groups in total. The van der Waals surface area contributed by atoms with Crippen LogP contribution < -0.4 is 0 Å². The van der Waals surface area contributed by atoms with Crippen LogP contribution in [-0.4, -0.2) is 28.9 Å². The maximum absolute atomic E-state index is 11.8. The number of aliphatic hydroxyl groups is 2. The molecule has 0 aliphatic heterocycles. The first-order valence-corrected chi connectivity index (χ1v) is 2.40. The molecule has 0 amide bonds. The van der Waals surface area contributed by atoms with E-state index in [9.17, 15) is 17.6 Å². The minimum Gasteiger partial charge on any atom is -0.396 e. The summed E-state index contributed by atoms with van der Waals surface area (Å²) in [6.07, 6.45) is -6.49. The lowest BCUT2D eigenvalue weighted by molar-refractivity contribution is -0.328. The van der Waals surface area contributed by atoms with E-state index < -0.39 is 25.1 Å². The largest absolute Gasteiger partial charge is 0.417 e. The Bertz CT molecular complexity index is 108. The Morgan fingerprint density at radius 3 is 1.60 bits per heavy atom. The number of rotatable bonds is 3. The predicted molar refractivity (Wildman–Crippen MR) is 23.8 cm³/mol. The van der Waals surface area contributed by atoms with Crippen molar-refractivity contribution in [3.05, 3.63) is 0 Å². The molecule has 0 aliphatic rings. The molecule has 0 heterocycles. The summed E-state index contributed by atoms with van der Waals surface area (Å²) in [5, 5.41) is 15.3. The van der Waals surface area contributed by atoms with Crippen molar-refractivity contribution >= 4 is 0 Å². The number of alkyl halides is 4. The van der Waals surface area contributed by atoms with E-state index in [0.29, 0.717) is 0 Å². The smallest absolute Gasteiger partial charge is 0.396 e. The summed E-state index contributed by atoms with van der Waals surface area (Å²) < 4.78 is 46.3. The normalized spacial score (nSPS) is 13.8. The van der Waals surface area contributed by atoms with Crippen LogP contribution in [0.25, 0.3) is 0 Å². The molecule has 0 aromatic carbocycles. The fraction of sp³-hybridized carbons (Fsp3) is 1.00. The van der Waals surface area contributed by atoms with Crippen LogP contribution in [0.3, 0.4) is 0 Å². The SMILES string of the molecule is OCCC(F)(F)C(O)(F)F. The molecular weight excluding hydrogens is 156 g/mol. The average Bonchev–Trinajstić information content (AvgIpc) is 1.61. The zero-order chi connectivity index (χ0) is 8.41. The molecule has 0 saturated carbocycles. The maximum atomic E-state index is 11.8. The van der Waals surface area contributed by atoms with E-state index in [0.717, 1.165) is 0 Å². The second kappa shape index (κ2) is 2.71. The van der Waals surface area contributed by atoms with Crippen LogP contribution in [0.5, 0.6) is 0 Å². The van der Waals surface area contributed by atoms with Crippen LogP contribution in [0.4, 0.5) is 17.6 Å². The zero-order valence-corrected chi connectivity index (χ0v) is 4.82. The van der Waals surface area contributed by atoms with Crippen LogP contribution in [0.1, 0.15) is 6.42 Å². The number of hydrogen-bond donors (Lipinski definition) is 2. The lowest BCUT2D eigenvalue weighted by Gasteiger charge is -2.19. The molecule has 0 aromatic heterocycles. The van der Waals surface area contributed by atoms with Crippen molar-refractivity contribution in [2.24, 2.45) is 0 Å². The van der Waals surface area contributed by atoms with E-state index in [2.05, 4.69) is 0 Å². The second-order valence-electron chi connectivity index (χ2n) is 1.72. The van der Waals surface area contributed by atoms with Crippen molar-refractivity contribution < 1.29 is 27.8 Å². The van der Waals surface area contributed by atoms with Gasteiger partial charge in [-0.3, -0.25) is 0 Å². The van der Waals surface area contributed by atoms with Crippen molar-refractivity contribution in [1.82, 2.24) is 0 Å². The summed E-state index contributed by atoms with van der Waals surface area (Å²) in [5.74, 6) is -4.54. The van der Waals surface area contributed by atoms with Crippen LogP contribution in [-0.2, 0) is 0 Å². The number of hydrogen-bond acceptors (Lipinski definition) is 2. The summed E-state index contributed by atoms with van der Waals surface area (Å²) in [6, 6.07) is 0. The first kappa shape index (κ1) is 9.64. The summed E-state index contributed by atoms with van der Waals surface area (Å²) in [6.45, 7) is -1.09. The molecule has 0 fully saturated rings.